The fraction of sp³-hybridized carbons (Fsp3) is 0.0769. The summed E-state index contributed by atoms with van der Waals surface area (Å²) >= 11 is 7.53. The molecule has 0 unspecified atom stereocenters. The molecule has 7 nitrogen and oxygen atoms in total. The van der Waals surface area contributed by atoms with Gasteiger partial charge in [0.1, 0.15) is 11.0 Å². The standard InChI is InChI=1S/C13H8ClN5O2S/c14-9-1-2-10-11(5-9)19(18-16-10)20-6-12-15-13(17-21-12)8-3-4-22-7-8/h1-5,7H,6H2. The van der Waals surface area contributed by atoms with Crippen LogP contribution in [0.5, 0.6) is 0 Å². The molecule has 0 fully saturated rings. The largest absolute Gasteiger partial charge is 0.385 e. The van der Waals surface area contributed by atoms with Crippen LogP contribution in [0.1, 0.15) is 5.89 Å². The van der Waals surface area contributed by atoms with Gasteiger partial charge in [-0.05, 0) is 34.9 Å². The van der Waals surface area contributed by atoms with Gasteiger partial charge in [0.2, 0.25) is 5.82 Å². The highest BCUT2D eigenvalue weighted by atomic mass is 35.5. The Kier molecular flexibility index (Phi) is 3.24. The number of nitrogens with zero attached hydrogens (tertiary/aromatic N) is 5. The molecule has 0 saturated heterocycles. The second-order valence-corrected chi connectivity index (χ2v) is 5.61. The van der Waals surface area contributed by atoms with Crippen LogP contribution in [-0.4, -0.2) is 25.3 Å². The van der Waals surface area contributed by atoms with E-state index in [0.29, 0.717) is 27.8 Å². The van der Waals surface area contributed by atoms with Crippen LogP contribution in [0, 0.1) is 0 Å². The van der Waals surface area contributed by atoms with E-state index in [1.165, 1.54) is 4.85 Å². The first-order chi connectivity index (χ1) is 10.8. The fourth-order valence-corrected chi connectivity index (χ4v) is 2.71. The molecule has 22 heavy (non-hydrogen) atoms. The molecule has 4 aromatic rings. The van der Waals surface area contributed by atoms with E-state index in [1.807, 2.05) is 16.8 Å². The van der Waals surface area contributed by atoms with Gasteiger partial charge in [-0.3, -0.25) is 0 Å². The van der Waals surface area contributed by atoms with Gasteiger partial charge in [-0.2, -0.15) is 16.3 Å². The van der Waals surface area contributed by atoms with Crippen molar-refractivity contribution in [3.63, 3.8) is 0 Å². The van der Waals surface area contributed by atoms with Gasteiger partial charge in [0.05, 0.1) is 0 Å². The number of hydrogen-bond acceptors (Lipinski definition) is 7. The Morgan fingerprint density at radius 2 is 2.27 bits per heavy atom. The number of aromatic nitrogens is 5. The third kappa shape index (κ3) is 2.42. The zero-order valence-corrected chi connectivity index (χ0v) is 12.6. The van der Waals surface area contributed by atoms with Gasteiger partial charge in [0.15, 0.2) is 6.61 Å². The summed E-state index contributed by atoms with van der Waals surface area (Å²) in [7, 11) is 0. The van der Waals surface area contributed by atoms with Crippen LogP contribution >= 0.6 is 22.9 Å². The Bertz CT molecular complexity index is 918. The lowest BCUT2D eigenvalue weighted by Gasteiger charge is -2.01. The normalized spacial score (nSPS) is 11.1. The molecule has 9 heteroatoms. The van der Waals surface area contributed by atoms with Crippen LogP contribution in [0.3, 0.4) is 0 Å². The number of thiophene rings is 1. The summed E-state index contributed by atoms with van der Waals surface area (Å²) in [6.45, 7) is 0.0854. The summed E-state index contributed by atoms with van der Waals surface area (Å²) in [5.41, 5.74) is 2.27. The van der Waals surface area contributed by atoms with Crippen molar-refractivity contribution in [3.8, 4) is 11.4 Å². The molecule has 4 rings (SSSR count). The maximum Gasteiger partial charge on any atom is 0.267 e. The van der Waals surface area contributed by atoms with Crippen molar-refractivity contribution in [1.29, 1.82) is 0 Å². The van der Waals surface area contributed by atoms with Crippen molar-refractivity contribution in [3.05, 3.63) is 45.9 Å². The van der Waals surface area contributed by atoms with E-state index in [2.05, 4.69) is 20.5 Å². The number of hydrogen-bond donors (Lipinski definition) is 0. The highest BCUT2D eigenvalue weighted by molar-refractivity contribution is 7.08. The maximum absolute atomic E-state index is 5.96. The quantitative estimate of drug-likeness (QED) is 0.571. The molecule has 0 atom stereocenters. The molecule has 1 aromatic carbocycles. The number of halogens is 1. The van der Waals surface area contributed by atoms with Crippen molar-refractivity contribution in [2.24, 2.45) is 0 Å². The topological polar surface area (TPSA) is 78.9 Å². The van der Waals surface area contributed by atoms with E-state index in [4.69, 9.17) is 21.0 Å². The summed E-state index contributed by atoms with van der Waals surface area (Å²) in [6, 6.07) is 7.16. The maximum atomic E-state index is 5.96. The zero-order chi connectivity index (χ0) is 14.9. The summed E-state index contributed by atoms with van der Waals surface area (Å²) in [6.07, 6.45) is 0. The first kappa shape index (κ1) is 13.2. The van der Waals surface area contributed by atoms with Gasteiger partial charge >= 0.3 is 0 Å². The van der Waals surface area contributed by atoms with Crippen molar-refractivity contribution in [2.45, 2.75) is 6.61 Å². The minimum Gasteiger partial charge on any atom is -0.385 e. The van der Waals surface area contributed by atoms with E-state index >= 15 is 0 Å². The molecule has 3 aromatic heterocycles. The van der Waals surface area contributed by atoms with Crippen molar-refractivity contribution < 1.29 is 9.36 Å². The summed E-state index contributed by atoms with van der Waals surface area (Å²) in [5.74, 6) is 0.887. The van der Waals surface area contributed by atoms with Crippen LogP contribution in [0.15, 0.2) is 39.5 Å². The SMILES string of the molecule is Clc1ccc2nnn(OCc3nc(-c4ccsc4)no3)c2c1. The van der Waals surface area contributed by atoms with Gasteiger partial charge in [-0.15, -0.1) is 5.10 Å². The third-order valence-corrected chi connectivity index (χ3v) is 3.85. The molecule has 0 spiro atoms. The predicted molar refractivity (Wildman–Crippen MR) is 80.4 cm³/mol. The number of rotatable bonds is 4. The van der Waals surface area contributed by atoms with Gasteiger partial charge < -0.3 is 9.36 Å². The molecule has 0 aliphatic heterocycles. The van der Waals surface area contributed by atoms with E-state index in [0.717, 1.165) is 5.56 Å². The molecular formula is C13H8ClN5O2S. The average Bonchev–Trinajstić information content (AvgIpc) is 3.25. The Balaban J connectivity index is 1.53. The molecule has 110 valence electrons. The van der Waals surface area contributed by atoms with Crippen LogP contribution in [-0.2, 0) is 6.61 Å². The fourth-order valence-electron chi connectivity index (χ4n) is 1.91. The zero-order valence-electron chi connectivity index (χ0n) is 11.0. The Morgan fingerprint density at radius 3 is 3.14 bits per heavy atom. The minimum atomic E-state index is 0.0854. The third-order valence-electron chi connectivity index (χ3n) is 2.94. The highest BCUT2D eigenvalue weighted by Crippen LogP contribution is 2.19. The predicted octanol–water partition coefficient (Wildman–Crippen LogP) is 2.83. The van der Waals surface area contributed by atoms with Gasteiger partial charge in [-0.1, -0.05) is 21.6 Å². The lowest BCUT2D eigenvalue weighted by molar-refractivity contribution is 0.0583. The van der Waals surface area contributed by atoms with E-state index in [9.17, 15) is 0 Å². The highest BCUT2D eigenvalue weighted by Gasteiger charge is 2.11. The number of fused-ring (bicyclic) bond motifs is 1. The summed E-state index contributed by atoms with van der Waals surface area (Å²) in [5, 5.41) is 16.3. The molecule has 0 amide bonds. The molecule has 0 saturated carbocycles. The lowest BCUT2D eigenvalue weighted by Crippen LogP contribution is -2.13. The molecule has 0 aliphatic carbocycles. The second kappa shape index (κ2) is 5.39. The summed E-state index contributed by atoms with van der Waals surface area (Å²) in [4.78, 5) is 11.1. The summed E-state index contributed by atoms with van der Waals surface area (Å²) < 4.78 is 5.15. The van der Waals surface area contributed by atoms with Crippen molar-refractivity contribution in [2.75, 3.05) is 0 Å². The molecule has 0 bridgehead atoms. The van der Waals surface area contributed by atoms with Crippen LogP contribution < -0.4 is 4.84 Å². The molecule has 0 radical (unpaired) electrons. The molecule has 0 N–H and O–H groups in total. The van der Waals surface area contributed by atoms with E-state index < -0.39 is 0 Å². The lowest BCUT2D eigenvalue weighted by atomic mass is 10.3. The Hall–Kier alpha value is -2.45. The monoisotopic (exact) mass is 333 g/mol. The molecular weight excluding hydrogens is 326 g/mol. The van der Waals surface area contributed by atoms with Crippen LogP contribution in [0.2, 0.25) is 5.02 Å². The van der Waals surface area contributed by atoms with Crippen LogP contribution in [0.4, 0.5) is 0 Å². The molecule has 0 aliphatic rings. The molecule has 3 heterocycles. The smallest absolute Gasteiger partial charge is 0.267 e. The van der Waals surface area contributed by atoms with Crippen molar-refractivity contribution >= 4 is 34.0 Å². The van der Waals surface area contributed by atoms with E-state index in [-0.39, 0.29) is 6.61 Å². The van der Waals surface area contributed by atoms with Gasteiger partial charge in [-0.25, -0.2) is 0 Å². The number of benzene rings is 1. The minimum absolute atomic E-state index is 0.0854. The first-order valence-corrected chi connectivity index (χ1v) is 7.61. The van der Waals surface area contributed by atoms with Gasteiger partial charge in [0, 0.05) is 16.0 Å². The van der Waals surface area contributed by atoms with E-state index in [1.54, 1.807) is 29.5 Å². The average molecular weight is 334 g/mol. The van der Waals surface area contributed by atoms with Gasteiger partial charge in [0.25, 0.3) is 5.89 Å². The van der Waals surface area contributed by atoms with Crippen molar-refractivity contribution in [1.82, 2.24) is 25.3 Å². The van der Waals surface area contributed by atoms with Crippen LogP contribution in [0.25, 0.3) is 22.4 Å². The first-order valence-electron chi connectivity index (χ1n) is 6.29. The Morgan fingerprint density at radius 1 is 1.32 bits per heavy atom. The second-order valence-electron chi connectivity index (χ2n) is 4.39. The Labute approximate surface area is 133 Å².